The van der Waals surface area contributed by atoms with Gasteiger partial charge in [0.15, 0.2) is 18.0 Å². The Hall–Kier alpha value is -2.35. The summed E-state index contributed by atoms with van der Waals surface area (Å²) in [5.74, 6) is -0.233. The molecule has 0 bridgehead atoms. The van der Waals surface area contributed by atoms with Gasteiger partial charge in [-0.2, -0.15) is 0 Å². The molecule has 0 aliphatic carbocycles. The van der Waals surface area contributed by atoms with Crippen LogP contribution in [0.25, 0.3) is 0 Å². The zero-order valence-electron chi connectivity index (χ0n) is 17.1. The SMILES string of the molecule is CC(C)CCOC(C)C(=O)OC(C)C(=O)N1CCN(C(=O)c2ccco2)CC1. The van der Waals surface area contributed by atoms with E-state index in [2.05, 4.69) is 13.8 Å². The van der Waals surface area contributed by atoms with E-state index in [9.17, 15) is 14.4 Å². The van der Waals surface area contributed by atoms with Crippen LogP contribution in [-0.4, -0.2) is 72.6 Å². The van der Waals surface area contributed by atoms with Gasteiger partial charge in [-0.15, -0.1) is 0 Å². The molecule has 1 saturated heterocycles. The van der Waals surface area contributed by atoms with Crippen LogP contribution < -0.4 is 0 Å². The quantitative estimate of drug-likeness (QED) is 0.626. The molecule has 2 rings (SSSR count). The molecule has 0 saturated carbocycles. The first-order valence-corrected chi connectivity index (χ1v) is 9.73. The highest BCUT2D eigenvalue weighted by atomic mass is 16.6. The zero-order valence-corrected chi connectivity index (χ0v) is 17.1. The predicted molar refractivity (Wildman–Crippen MR) is 102 cm³/mol. The first-order chi connectivity index (χ1) is 13.3. The maximum absolute atomic E-state index is 12.6. The lowest BCUT2D eigenvalue weighted by Gasteiger charge is -2.35. The zero-order chi connectivity index (χ0) is 20.7. The topological polar surface area (TPSA) is 89.3 Å². The molecule has 1 aromatic rings. The Kier molecular flexibility index (Phi) is 8.04. The van der Waals surface area contributed by atoms with E-state index in [4.69, 9.17) is 13.9 Å². The number of carbonyl (C=O) groups is 3. The van der Waals surface area contributed by atoms with Crippen LogP contribution >= 0.6 is 0 Å². The molecule has 0 aromatic carbocycles. The van der Waals surface area contributed by atoms with Crippen molar-refractivity contribution in [1.29, 1.82) is 0 Å². The third-order valence-corrected chi connectivity index (χ3v) is 4.65. The highest BCUT2D eigenvalue weighted by molar-refractivity contribution is 5.91. The number of carbonyl (C=O) groups excluding carboxylic acids is 3. The monoisotopic (exact) mass is 394 g/mol. The van der Waals surface area contributed by atoms with Crippen LogP contribution in [0.2, 0.25) is 0 Å². The van der Waals surface area contributed by atoms with Crippen molar-refractivity contribution in [3.05, 3.63) is 24.2 Å². The number of rotatable bonds is 8. The molecule has 2 amide bonds. The summed E-state index contributed by atoms with van der Waals surface area (Å²) >= 11 is 0. The maximum atomic E-state index is 12.6. The average Bonchev–Trinajstić information content (AvgIpc) is 3.21. The van der Waals surface area contributed by atoms with E-state index in [1.165, 1.54) is 6.26 Å². The molecule has 2 heterocycles. The second kappa shape index (κ2) is 10.3. The van der Waals surface area contributed by atoms with Crippen molar-refractivity contribution in [3.8, 4) is 0 Å². The molecule has 1 aromatic heterocycles. The smallest absolute Gasteiger partial charge is 0.335 e. The maximum Gasteiger partial charge on any atom is 0.335 e. The number of hydrogen-bond donors (Lipinski definition) is 0. The minimum absolute atomic E-state index is 0.191. The first kappa shape index (κ1) is 21.9. The molecule has 2 atom stereocenters. The molecular formula is C20H30N2O6. The molecule has 8 nitrogen and oxygen atoms in total. The van der Waals surface area contributed by atoms with E-state index < -0.39 is 18.2 Å². The van der Waals surface area contributed by atoms with Crippen LogP contribution in [0.1, 0.15) is 44.7 Å². The number of esters is 1. The molecule has 1 aliphatic rings. The van der Waals surface area contributed by atoms with Gasteiger partial charge in [0.05, 0.1) is 6.26 Å². The van der Waals surface area contributed by atoms with E-state index in [0.29, 0.717) is 38.7 Å². The van der Waals surface area contributed by atoms with Crippen molar-refractivity contribution in [1.82, 2.24) is 9.80 Å². The molecule has 156 valence electrons. The normalized spacial score (nSPS) is 16.8. The summed E-state index contributed by atoms with van der Waals surface area (Å²) in [4.78, 5) is 40.2. The summed E-state index contributed by atoms with van der Waals surface area (Å²) in [7, 11) is 0. The summed E-state index contributed by atoms with van der Waals surface area (Å²) in [6.07, 6.45) is 0.705. The lowest BCUT2D eigenvalue weighted by molar-refractivity contribution is -0.168. The minimum atomic E-state index is -0.893. The number of piperazine rings is 1. The molecule has 0 radical (unpaired) electrons. The van der Waals surface area contributed by atoms with Crippen molar-refractivity contribution < 1.29 is 28.3 Å². The second-order valence-electron chi connectivity index (χ2n) is 7.37. The van der Waals surface area contributed by atoms with Gasteiger partial charge in [0.1, 0.15) is 0 Å². The van der Waals surface area contributed by atoms with Crippen molar-refractivity contribution >= 4 is 17.8 Å². The third kappa shape index (κ3) is 6.09. The largest absolute Gasteiger partial charge is 0.459 e. The average molecular weight is 394 g/mol. The van der Waals surface area contributed by atoms with Crippen LogP contribution in [0.5, 0.6) is 0 Å². The summed E-state index contributed by atoms with van der Waals surface area (Å²) in [6.45, 7) is 9.38. The Labute approximate surface area is 165 Å². The van der Waals surface area contributed by atoms with Crippen molar-refractivity contribution in [2.45, 2.75) is 46.3 Å². The van der Waals surface area contributed by atoms with Gasteiger partial charge in [-0.25, -0.2) is 4.79 Å². The van der Waals surface area contributed by atoms with E-state index in [0.717, 1.165) is 6.42 Å². The Morgan fingerprint density at radius 3 is 2.25 bits per heavy atom. The number of furan rings is 1. The van der Waals surface area contributed by atoms with Crippen LogP contribution in [0.3, 0.4) is 0 Å². The van der Waals surface area contributed by atoms with Gasteiger partial charge in [0.2, 0.25) is 0 Å². The molecule has 1 fully saturated rings. The van der Waals surface area contributed by atoms with Gasteiger partial charge in [-0.1, -0.05) is 13.8 Å². The summed E-state index contributed by atoms with van der Waals surface area (Å²) in [5, 5.41) is 0. The molecule has 28 heavy (non-hydrogen) atoms. The number of hydrogen-bond acceptors (Lipinski definition) is 6. The summed E-state index contributed by atoms with van der Waals surface area (Å²) in [5.41, 5.74) is 0. The van der Waals surface area contributed by atoms with E-state index >= 15 is 0 Å². The van der Waals surface area contributed by atoms with E-state index in [-0.39, 0.29) is 17.6 Å². The summed E-state index contributed by atoms with van der Waals surface area (Å²) < 4.78 is 15.9. The fourth-order valence-electron chi connectivity index (χ4n) is 2.81. The van der Waals surface area contributed by atoms with Crippen LogP contribution in [0, 0.1) is 5.92 Å². The Bertz CT molecular complexity index is 650. The lowest BCUT2D eigenvalue weighted by Crippen LogP contribution is -2.53. The molecule has 8 heteroatoms. The van der Waals surface area contributed by atoms with Crippen LogP contribution in [0.4, 0.5) is 0 Å². The standard InChI is InChI=1S/C20H30N2O6/c1-14(2)7-13-26-16(4)20(25)28-15(3)18(23)21-8-10-22(11-9-21)19(24)17-6-5-12-27-17/h5-6,12,14-16H,7-11,13H2,1-4H3. The fraction of sp³-hybridized carbons (Fsp3) is 0.650. The van der Waals surface area contributed by atoms with Crippen LogP contribution in [-0.2, 0) is 19.1 Å². The Morgan fingerprint density at radius 2 is 1.68 bits per heavy atom. The van der Waals surface area contributed by atoms with E-state index in [1.807, 2.05) is 0 Å². The molecule has 0 N–H and O–H groups in total. The first-order valence-electron chi connectivity index (χ1n) is 9.73. The van der Waals surface area contributed by atoms with Crippen LogP contribution in [0.15, 0.2) is 22.8 Å². The van der Waals surface area contributed by atoms with Gasteiger partial charge in [-0.05, 0) is 38.3 Å². The minimum Gasteiger partial charge on any atom is -0.459 e. The highest BCUT2D eigenvalue weighted by Crippen LogP contribution is 2.12. The fourth-order valence-corrected chi connectivity index (χ4v) is 2.81. The van der Waals surface area contributed by atoms with E-state index in [1.54, 1.807) is 35.8 Å². The molecule has 0 spiro atoms. The Morgan fingerprint density at radius 1 is 1.04 bits per heavy atom. The second-order valence-corrected chi connectivity index (χ2v) is 7.37. The highest BCUT2D eigenvalue weighted by Gasteiger charge is 2.30. The number of amides is 2. The van der Waals surface area contributed by atoms with Crippen molar-refractivity contribution in [2.24, 2.45) is 5.92 Å². The molecule has 1 aliphatic heterocycles. The Balaban J connectivity index is 1.76. The van der Waals surface area contributed by atoms with Gasteiger partial charge in [0.25, 0.3) is 11.8 Å². The van der Waals surface area contributed by atoms with Gasteiger partial charge >= 0.3 is 5.97 Å². The van der Waals surface area contributed by atoms with Gasteiger partial charge in [0, 0.05) is 32.8 Å². The number of ether oxygens (including phenoxy) is 2. The summed E-state index contributed by atoms with van der Waals surface area (Å²) in [6, 6.07) is 3.28. The van der Waals surface area contributed by atoms with Crippen molar-refractivity contribution in [3.63, 3.8) is 0 Å². The van der Waals surface area contributed by atoms with Crippen molar-refractivity contribution in [2.75, 3.05) is 32.8 Å². The number of nitrogens with zero attached hydrogens (tertiary/aromatic N) is 2. The van der Waals surface area contributed by atoms with Gasteiger partial charge in [-0.3, -0.25) is 9.59 Å². The molecule has 2 unspecified atom stereocenters. The third-order valence-electron chi connectivity index (χ3n) is 4.65. The lowest BCUT2D eigenvalue weighted by atomic mass is 10.1. The predicted octanol–water partition coefficient (Wildman–Crippen LogP) is 1.95. The molecular weight excluding hydrogens is 364 g/mol. The van der Waals surface area contributed by atoms with Gasteiger partial charge < -0.3 is 23.7 Å².